The van der Waals surface area contributed by atoms with Gasteiger partial charge in [-0.05, 0) is 30.9 Å². The van der Waals surface area contributed by atoms with Gasteiger partial charge in [-0.2, -0.15) is 5.10 Å². The molecular weight excluding hydrogens is 258 g/mol. The number of hydrogen-bond donors (Lipinski definition) is 1. The Labute approximate surface area is 128 Å². The normalized spacial score (nSPS) is 11.3. The van der Waals surface area contributed by atoms with E-state index in [-0.39, 0.29) is 0 Å². The predicted octanol–water partition coefficient (Wildman–Crippen LogP) is 3.79. The van der Waals surface area contributed by atoms with Crippen molar-refractivity contribution in [3.05, 3.63) is 41.6 Å². The number of aromatic nitrogens is 2. The topological polar surface area (TPSA) is 29.9 Å². The molecule has 2 aromatic rings. The van der Waals surface area contributed by atoms with Gasteiger partial charge >= 0.3 is 0 Å². The van der Waals surface area contributed by atoms with Crippen LogP contribution in [0.2, 0.25) is 0 Å². The summed E-state index contributed by atoms with van der Waals surface area (Å²) in [6.45, 7) is 8.62. The van der Waals surface area contributed by atoms with Gasteiger partial charge < -0.3 is 5.32 Å². The average Bonchev–Trinajstić information content (AvgIpc) is 2.80. The molecule has 1 N–H and O–H groups in total. The second-order valence-corrected chi connectivity index (χ2v) is 6.15. The van der Waals surface area contributed by atoms with E-state index < -0.39 is 0 Å². The van der Waals surface area contributed by atoms with Gasteiger partial charge in [0.25, 0.3) is 0 Å². The van der Waals surface area contributed by atoms with E-state index in [4.69, 9.17) is 0 Å². The number of aryl methyl sites for hydroxylation is 1. The zero-order valence-electron chi connectivity index (χ0n) is 13.7. The summed E-state index contributed by atoms with van der Waals surface area (Å²) in [5.74, 6) is 0.694. The molecule has 3 heteroatoms. The molecule has 0 fully saturated rings. The van der Waals surface area contributed by atoms with Crippen molar-refractivity contribution in [2.24, 2.45) is 13.0 Å². The molecule has 0 saturated carbocycles. The largest absolute Gasteiger partial charge is 0.313 e. The van der Waals surface area contributed by atoms with Gasteiger partial charge in [-0.25, -0.2) is 0 Å². The van der Waals surface area contributed by atoms with E-state index in [9.17, 15) is 0 Å². The zero-order chi connectivity index (χ0) is 15.2. The van der Waals surface area contributed by atoms with Crippen molar-refractivity contribution in [3.63, 3.8) is 0 Å². The first-order valence-electron chi connectivity index (χ1n) is 7.92. The Morgan fingerprint density at radius 3 is 2.52 bits per heavy atom. The fourth-order valence-electron chi connectivity index (χ4n) is 2.58. The fraction of sp³-hybridized carbons (Fsp3) is 0.500. The third kappa shape index (κ3) is 4.43. The minimum Gasteiger partial charge on any atom is -0.313 e. The van der Waals surface area contributed by atoms with Crippen LogP contribution in [0.15, 0.2) is 30.5 Å². The summed E-state index contributed by atoms with van der Waals surface area (Å²) in [5.41, 5.74) is 4.96. The van der Waals surface area contributed by atoms with Crippen LogP contribution in [-0.2, 0) is 20.0 Å². The third-order valence-corrected chi connectivity index (χ3v) is 3.52. The van der Waals surface area contributed by atoms with Crippen molar-refractivity contribution in [2.75, 3.05) is 6.54 Å². The molecule has 3 nitrogen and oxygen atoms in total. The van der Waals surface area contributed by atoms with Gasteiger partial charge in [-0.15, -0.1) is 0 Å². The Hall–Kier alpha value is -1.61. The quantitative estimate of drug-likeness (QED) is 0.785. The van der Waals surface area contributed by atoms with Crippen LogP contribution >= 0.6 is 0 Å². The Bertz CT molecular complexity index is 552. The van der Waals surface area contributed by atoms with Crippen LogP contribution in [0.4, 0.5) is 0 Å². The molecule has 1 aromatic heterocycles. The van der Waals surface area contributed by atoms with Crippen LogP contribution in [0.25, 0.3) is 11.3 Å². The molecule has 0 aliphatic rings. The molecule has 0 aliphatic carbocycles. The van der Waals surface area contributed by atoms with Crippen molar-refractivity contribution in [3.8, 4) is 11.3 Å². The summed E-state index contributed by atoms with van der Waals surface area (Å²) < 4.78 is 1.90. The van der Waals surface area contributed by atoms with E-state index in [0.29, 0.717) is 5.92 Å². The third-order valence-electron chi connectivity index (χ3n) is 3.52. The maximum atomic E-state index is 4.63. The number of benzene rings is 1. The van der Waals surface area contributed by atoms with Gasteiger partial charge in [0.1, 0.15) is 0 Å². The van der Waals surface area contributed by atoms with Crippen molar-refractivity contribution in [2.45, 2.75) is 40.2 Å². The Morgan fingerprint density at radius 2 is 1.90 bits per heavy atom. The molecule has 21 heavy (non-hydrogen) atoms. The lowest BCUT2D eigenvalue weighted by atomic mass is 10.00. The summed E-state index contributed by atoms with van der Waals surface area (Å²) >= 11 is 0. The molecule has 0 unspecified atom stereocenters. The fourth-order valence-corrected chi connectivity index (χ4v) is 2.58. The Balaban J connectivity index is 2.16. The first kappa shape index (κ1) is 15.8. The summed E-state index contributed by atoms with van der Waals surface area (Å²) in [4.78, 5) is 0. The van der Waals surface area contributed by atoms with Gasteiger partial charge in [0.15, 0.2) is 0 Å². The van der Waals surface area contributed by atoms with E-state index in [1.807, 2.05) is 11.7 Å². The van der Waals surface area contributed by atoms with E-state index in [1.54, 1.807) is 0 Å². The molecule has 0 aliphatic heterocycles. The highest BCUT2D eigenvalue weighted by molar-refractivity contribution is 5.63. The molecule has 114 valence electrons. The lowest BCUT2D eigenvalue weighted by molar-refractivity contribution is 0.647. The molecular formula is C18H27N3. The maximum Gasteiger partial charge on any atom is 0.0967 e. The monoisotopic (exact) mass is 285 g/mol. The van der Waals surface area contributed by atoms with Crippen LogP contribution < -0.4 is 5.32 Å². The first-order valence-corrected chi connectivity index (χ1v) is 7.92. The minimum absolute atomic E-state index is 0.694. The summed E-state index contributed by atoms with van der Waals surface area (Å²) in [6.07, 6.45) is 4.40. The van der Waals surface area contributed by atoms with Gasteiger partial charge in [0.05, 0.1) is 5.69 Å². The lowest BCUT2D eigenvalue weighted by Gasteiger charge is -2.07. The van der Waals surface area contributed by atoms with E-state index >= 15 is 0 Å². The van der Waals surface area contributed by atoms with E-state index in [1.165, 1.54) is 16.7 Å². The summed E-state index contributed by atoms with van der Waals surface area (Å²) in [7, 11) is 1.99. The highest BCUT2D eigenvalue weighted by Crippen LogP contribution is 2.23. The second-order valence-electron chi connectivity index (χ2n) is 6.15. The van der Waals surface area contributed by atoms with Gasteiger partial charge in [-0.3, -0.25) is 4.68 Å². The van der Waals surface area contributed by atoms with Crippen LogP contribution in [-0.4, -0.2) is 16.3 Å². The number of nitrogens with zero attached hydrogens (tertiary/aromatic N) is 2. The van der Waals surface area contributed by atoms with Gasteiger partial charge in [0.2, 0.25) is 0 Å². The smallest absolute Gasteiger partial charge is 0.0967 e. The van der Waals surface area contributed by atoms with Crippen LogP contribution in [0.1, 0.15) is 38.3 Å². The molecule has 0 saturated heterocycles. The standard InChI is InChI=1S/C18H27N3/c1-5-10-19-12-17-13-21(4)20-18(17)16-8-6-15(7-9-16)11-14(2)3/h6-9,13-14,19H,5,10-12H2,1-4H3. The molecule has 0 spiro atoms. The van der Waals surface area contributed by atoms with Crippen LogP contribution in [0.3, 0.4) is 0 Å². The van der Waals surface area contributed by atoms with Crippen molar-refractivity contribution >= 4 is 0 Å². The number of rotatable bonds is 7. The summed E-state index contributed by atoms with van der Waals surface area (Å²) in [6, 6.07) is 8.85. The minimum atomic E-state index is 0.694. The SMILES string of the molecule is CCCNCc1cn(C)nc1-c1ccc(CC(C)C)cc1. The zero-order valence-corrected chi connectivity index (χ0v) is 13.7. The van der Waals surface area contributed by atoms with Crippen LogP contribution in [0, 0.1) is 5.92 Å². The lowest BCUT2D eigenvalue weighted by Crippen LogP contribution is -2.13. The maximum absolute atomic E-state index is 4.63. The predicted molar refractivity (Wildman–Crippen MR) is 89.2 cm³/mol. The number of nitrogens with one attached hydrogen (secondary N) is 1. The molecule has 0 radical (unpaired) electrons. The van der Waals surface area contributed by atoms with Crippen molar-refractivity contribution in [1.29, 1.82) is 0 Å². The molecule has 0 amide bonds. The molecule has 1 heterocycles. The highest BCUT2D eigenvalue weighted by atomic mass is 15.3. The van der Waals surface area contributed by atoms with Crippen molar-refractivity contribution < 1.29 is 0 Å². The molecule has 0 bridgehead atoms. The Morgan fingerprint density at radius 1 is 1.19 bits per heavy atom. The van der Waals surface area contributed by atoms with E-state index in [0.717, 1.165) is 31.6 Å². The van der Waals surface area contributed by atoms with Crippen molar-refractivity contribution in [1.82, 2.24) is 15.1 Å². The van der Waals surface area contributed by atoms with E-state index in [2.05, 4.69) is 61.6 Å². The number of hydrogen-bond acceptors (Lipinski definition) is 2. The second kappa shape index (κ2) is 7.41. The average molecular weight is 285 g/mol. The van der Waals surface area contributed by atoms with Gasteiger partial charge in [0, 0.05) is 30.9 Å². The highest BCUT2D eigenvalue weighted by Gasteiger charge is 2.10. The molecule has 0 atom stereocenters. The Kier molecular flexibility index (Phi) is 5.57. The first-order chi connectivity index (χ1) is 10.1. The van der Waals surface area contributed by atoms with Crippen LogP contribution in [0.5, 0.6) is 0 Å². The molecule has 2 rings (SSSR count). The van der Waals surface area contributed by atoms with Gasteiger partial charge in [-0.1, -0.05) is 45.0 Å². The molecule has 1 aromatic carbocycles. The summed E-state index contributed by atoms with van der Waals surface area (Å²) in [5, 5.41) is 8.09.